The smallest absolute Gasteiger partial charge is 0.325 e. The molecule has 4 nitrogen and oxygen atoms in total. The lowest BCUT2D eigenvalue weighted by atomic mass is 10.1. The molecule has 1 aromatic carbocycles. The molecule has 0 saturated heterocycles. The molecule has 0 bridgehead atoms. The predicted molar refractivity (Wildman–Crippen MR) is 66.9 cm³/mol. The molecule has 3 N–H and O–H groups in total. The molecule has 90 valence electrons. The van der Waals surface area contributed by atoms with Gasteiger partial charge in [0, 0.05) is 28.7 Å². The summed E-state index contributed by atoms with van der Waals surface area (Å²) in [6.45, 7) is 4.12. The Morgan fingerprint density at radius 3 is 2.59 bits per heavy atom. The van der Waals surface area contributed by atoms with Gasteiger partial charge in [0.1, 0.15) is 6.04 Å². The Kier molecular flexibility index (Phi) is 2.90. The number of para-hydroxylation sites is 1. The molecule has 0 amide bonds. The van der Waals surface area contributed by atoms with Crippen molar-refractivity contribution in [2.45, 2.75) is 25.9 Å². The van der Waals surface area contributed by atoms with Crippen molar-refractivity contribution < 1.29 is 9.90 Å². The van der Waals surface area contributed by atoms with E-state index in [1.165, 1.54) is 0 Å². The minimum absolute atomic E-state index is 0.273. The fraction of sp³-hybridized carbons (Fsp3) is 0.308. The van der Waals surface area contributed by atoms with Gasteiger partial charge in [0.2, 0.25) is 0 Å². The van der Waals surface area contributed by atoms with Crippen molar-refractivity contribution in [1.29, 1.82) is 0 Å². The van der Waals surface area contributed by atoms with Crippen LogP contribution in [0.4, 0.5) is 0 Å². The highest BCUT2D eigenvalue weighted by Crippen LogP contribution is 2.28. The molecular formula is C13H16N2O2. The minimum atomic E-state index is -1.00. The van der Waals surface area contributed by atoms with E-state index in [-0.39, 0.29) is 6.04 Å². The molecular weight excluding hydrogens is 216 g/mol. The summed E-state index contributed by atoms with van der Waals surface area (Å²) < 4.78 is 2.05. The molecule has 0 radical (unpaired) electrons. The van der Waals surface area contributed by atoms with Crippen molar-refractivity contribution in [3.05, 3.63) is 36.0 Å². The lowest BCUT2D eigenvalue weighted by molar-refractivity contribution is -0.138. The summed E-state index contributed by atoms with van der Waals surface area (Å²) in [7, 11) is 0. The molecule has 1 heterocycles. The quantitative estimate of drug-likeness (QED) is 0.853. The Balaban J connectivity index is 2.68. The highest BCUT2D eigenvalue weighted by atomic mass is 16.4. The van der Waals surface area contributed by atoms with E-state index in [2.05, 4.69) is 13.8 Å². The molecule has 1 unspecified atom stereocenters. The number of aliphatic carboxylic acids is 1. The Morgan fingerprint density at radius 1 is 1.35 bits per heavy atom. The molecule has 0 aliphatic rings. The maximum atomic E-state index is 11.0. The van der Waals surface area contributed by atoms with Crippen LogP contribution in [0.2, 0.25) is 0 Å². The van der Waals surface area contributed by atoms with Gasteiger partial charge in [0.25, 0.3) is 0 Å². The number of carboxylic acids is 1. The van der Waals surface area contributed by atoms with E-state index in [0.29, 0.717) is 5.56 Å². The van der Waals surface area contributed by atoms with Crippen molar-refractivity contribution in [3.63, 3.8) is 0 Å². The van der Waals surface area contributed by atoms with Crippen molar-refractivity contribution >= 4 is 16.9 Å². The first-order valence-corrected chi connectivity index (χ1v) is 5.60. The van der Waals surface area contributed by atoms with Crippen molar-refractivity contribution in [2.75, 3.05) is 0 Å². The average molecular weight is 232 g/mol. The summed E-state index contributed by atoms with van der Waals surface area (Å²) in [5.74, 6) is -1.00. The summed E-state index contributed by atoms with van der Waals surface area (Å²) in [5, 5.41) is 9.92. The lowest BCUT2D eigenvalue weighted by Crippen LogP contribution is -2.20. The zero-order chi connectivity index (χ0) is 12.6. The van der Waals surface area contributed by atoms with Crippen LogP contribution < -0.4 is 5.73 Å². The Hall–Kier alpha value is -1.81. The summed E-state index contributed by atoms with van der Waals surface area (Å²) >= 11 is 0. The van der Waals surface area contributed by atoms with E-state index < -0.39 is 12.0 Å². The fourth-order valence-corrected chi connectivity index (χ4v) is 2.04. The van der Waals surface area contributed by atoms with E-state index in [1.807, 2.05) is 35.0 Å². The molecule has 2 rings (SSSR count). The number of nitrogens with two attached hydrogens (primary N) is 1. The van der Waals surface area contributed by atoms with Crippen LogP contribution in [0, 0.1) is 0 Å². The minimum Gasteiger partial charge on any atom is -0.480 e. The molecule has 0 aliphatic carbocycles. The summed E-state index contributed by atoms with van der Waals surface area (Å²) in [6.07, 6.45) is 1.84. The van der Waals surface area contributed by atoms with Gasteiger partial charge in [-0.1, -0.05) is 18.2 Å². The number of nitrogens with zero attached hydrogens (tertiary/aromatic N) is 1. The SMILES string of the molecule is CC(C)n1cc(C(N)C(=O)O)c2ccccc21. The molecule has 4 heteroatoms. The van der Waals surface area contributed by atoms with Gasteiger partial charge >= 0.3 is 5.97 Å². The first-order valence-electron chi connectivity index (χ1n) is 5.60. The first-order chi connectivity index (χ1) is 8.02. The van der Waals surface area contributed by atoms with Crippen LogP contribution >= 0.6 is 0 Å². The number of hydrogen-bond acceptors (Lipinski definition) is 2. The molecule has 0 saturated carbocycles. The predicted octanol–water partition coefficient (Wildman–Crippen LogP) is 2.31. The van der Waals surface area contributed by atoms with E-state index in [0.717, 1.165) is 10.9 Å². The van der Waals surface area contributed by atoms with E-state index in [1.54, 1.807) is 0 Å². The van der Waals surface area contributed by atoms with Crippen LogP contribution in [-0.4, -0.2) is 15.6 Å². The van der Waals surface area contributed by atoms with Gasteiger partial charge in [0.15, 0.2) is 0 Å². The third-order valence-electron chi connectivity index (χ3n) is 2.93. The molecule has 0 aliphatic heterocycles. The van der Waals surface area contributed by atoms with Crippen LogP contribution in [-0.2, 0) is 4.79 Å². The first kappa shape index (κ1) is 11.7. The van der Waals surface area contributed by atoms with Crippen LogP contribution in [0.25, 0.3) is 10.9 Å². The lowest BCUT2D eigenvalue weighted by Gasteiger charge is -2.08. The number of rotatable bonds is 3. The Morgan fingerprint density at radius 2 is 2.00 bits per heavy atom. The van der Waals surface area contributed by atoms with Crippen molar-refractivity contribution in [2.24, 2.45) is 5.73 Å². The number of carboxylic acid groups (broad SMARTS) is 1. The molecule has 1 aromatic heterocycles. The number of benzene rings is 1. The van der Waals surface area contributed by atoms with Gasteiger partial charge in [-0.05, 0) is 19.9 Å². The second-order valence-electron chi connectivity index (χ2n) is 4.42. The largest absolute Gasteiger partial charge is 0.480 e. The maximum absolute atomic E-state index is 11.0. The van der Waals surface area contributed by atoms with E-state index in [9.17, 15) is 4.79 Å². The van der Waals surface area contributed by atoms with Crippen molar-refractivity contribution in [3.8, 4) is 0 Å². The summed E-state index contributed by atoms with van der Waals surface area (Å²) in [6, 6.07) is 7.02. The monoisotopic (exact) mass is 232 g/mol. The molecule has 17 heavy (non-hydrogen) atoms. The molecule has 1 atom stereocenters. The van der Waals surface area contributed by atoms with Crippen LogP contribution in [0.3, 0.4) is 0 Å². The maximum Gasteiger partial charge on any atom is 0.325 e. The topological polar surface area (TPSA) is 68.2 Å². The normalized spacial score (nSPS) is 13.2. The standard InChI is InChI=1S/C13H16N2O2/c1-8(2)15-7-10(12(14)13(16)17)9-5-3-4-6-11(9)15/h3-8,12H,14H2,1-2H3,(H,16,17). The number of hydrogen-bond donors (Lipinski definition) is 2. The van der Waals surface area contributed by atoms with Gasteiger partial charge in [-0.15, -0.1) is 0 Å². The van der Waals surface area contributed by atoms with E-state index in [4.69, 9.17) is 10.8 Å². The second-order valence-corrected chi connectivity index (χ2v) is 4.42. The molecule has 0 spiro atoms. The molecule has 0 fully saturated rings. The zero-order valence-corrected chi connectivity index (χ0v) is 9.92. The van der Waals surface area contributed by atoms with E-state index >= 15 is 0 Å². The van der Waals surface area contributed by atoms with Gasteiger partial charge < -0.3 is 15.4 Å². The Bertz CT molecular complexity index is 558. The van der Waals surface area contributed by atoms with Crippen LogP contribution in [0.1, 0.15) is 31.5 Å². The van der Waals surface area contributed by atoms with Gasteiger partial charge in [-0.3, -0.25) is 4.79 Å². The number of carbonyl (C=O) groups is 1. The summed E-state index contributed by atoms with van der Waals surface area (Å²) in [5.41, 5.74) is 7.40. The summed E-state index contributed by atoms with van der Waals surface area (Å²) in [4.78, 5) is 11.0. The van der Waals surface area contributed by atoms with Gasteiger partial charge in [0.05, 0.1) is 0 Å². The highest BCUT2D eigenvalue weighted by molar-refractivity contribution is 5.89. The van der Waals surface area contributed by atoms with Crippen LogP contribution in [0.15, 0.2) is 30.5 Å². The second kappa shape index (κ2) is 4.22. The van der Waals surface area contributed by atoms with Gasteiger partial charge in [-0.2, -0.15) is 0 Å². The third kappa shape index (κ3) is 1.91. The fourth-order valence-electron chi connectivity index (χ4n) is 2.04. The van der Waals surface area contributed by atoms with Crippen molar-refractivity contribution in [1.82, 2.24) is 4.57 Å². The zero-order valence-electron chi connectivity index (χ0n) is 9.92. The van der Waals surface area contributed by atoms with Gasteiger partial charge in [-0.25, -0.2) is 0 Å². The molecule has 2 aromatic rings. The number of fused-ring (bicyclic) bond motifs is 1. The average Bonchev–Trinajstić information content (AvgIpc) is 2.67. The Labute approximate surface area is 99.7 Å². The third-order valence-corrected chi connectivity index (χ3v) is 2.93. The number of aromatic nitrogens is 1. The van der Waals surface area contributed by atoms with Crippen LogP contribution in [0.5, 0.6) is 0 Å². The highest BCUT2D eigenvalue weighted by Gasteiger charge is 2.20.